The number of benzene rings is 1. The van der Waals surface area contributed by atoms with Crippen molar-refractivity contribution in [1.29, 1.82) is 0 Å². The first-order valence-electron chi connectivity index (χ1n) is 5.94. The van der Waals surface area contributed by atoms with E-state index in [0.717, 1.165) is 18.2 Å². The Morgan fingerprint density at radius 3 is 2.52 bits per heavy atom. The van der Waals surface area contributed by atoms with Crippen LogP contribution in [0.25, 0.3) is 0 Å². The van der Waals surface area contributed by atoms with Crippen LogP contribution in [0.2, 0.25) is 0 Å². The number of carbonyl (C=O) groups is 1. The fourth-order valence-electron chi connectivity index (χ4n) is 1.57. The number of hydrogen-bond acceptors (Lipinski definition) is 3. The highest BCUT2D eigenvalue weighted by Gasteiger charge is 2.31. The van der Waals surface area contributed by atoms with E-state index >= 15 is 0 Å². The lowest BCUT2D eigenvalue weighted by Gasteiger charge is -2.14. The van der Waals surface area contributed by atoms with E-state index in [1.807, 2.05) is 0 Å². The highest BCUT2D eigenvalue weighted by Crippen LogP contribution is 2.30. The summed E-state index contributed by atoms with van der Waals surface area (Å²) in [5, 5.41) is 8.50. The van der Waals surface area contributed by atoms with Crippen molar-refractivity contribution in [2.75, 3.05) is 0 Å². The molecule has 0 aliphatic rings. The highest BCUT2D eigenvalue weighted by atomic mass is 32.2. The Morgan fingerprint density at radius 1 is 1.38 bits per heavy atom. The zero-order valence-electron chi connectivity index (χ0n) is 11.0. The van der Waals surface area contributed by atoms with Crippen LogP contribution in [-0.2, 0) is 21.0 Å². The van der Waals surface area contributed by atoms with Gasteiger partial charge in [-0.05, 0) is 31.5 Å². The number of rotatable bonds is 6. The first-order chi connectivity index (χ1) is 9.52. The summed E-state index contributed by atoms with van der Waals surface area (Å²) in [7, 11) is -4.13. The maximum Gasteiger partial charge on any atom is 0.416 e. The fraction of sp³-hybridized carbons (Fsp3) is 0.417. The lowest BCUT2D eigenvalue weighted by Crippen LogP contribution is -2.33. The molecule has 0 saturated carbocycles. The summed E-state index contributed by atoms with van der Waals surface area (Å²) in [6, 6.07) is 2.64. The molecular weight excluding hydrogens is 311 g/mol. The molecule has 0 amide bonds. The van der Waals surface area contributed by atoms with E-state index in [1.165, 1.54) is 6.92 Å². The summed E-state index contributed by atoms with van der Waals surface area (Å²) in [5.41, 5.74) is -1.07. The number of halogens is 3. The molecule has 0 bridgehead atoms. The van der Waals surface area contributed by atoms with Gasteiger partial charge in [-0.15, -0.1) is 0 Å². The normalized spacial score (nSPS) is 13.9. The molecule has 1 aromatic carbocycles. The van der Waals surface area contributed by atoms with Gasteiger partial charge in [0.1, 0.15) is 0 Å². The van der Waals surface area contributed by atoms with Crippen molar-refractivity contribution >= 4 is 16.0 Å². The maximum absolute atomic E-state index is 12.5. The smallest absolute Gasteiger partial charge is 0.416 e. The van der Waals surface area contributed by atoms with Crippen molar-refractivity contribution in [3.8, 4) is 0 Å². The lowest BCUT2D eigenvalue weighted by molar-refractivity contribution is -0.138. The molecule has 0 fully saturated rings. The van der Waals surface area contributed by atoms with Crippen LogP contribution in [0.5, 0.6) is 0 Å². The Kier molecular flexibility index (Phi) is 5.35. The van der Waals surface area contributed by atoms with Gasteiger partial charge in [0.25, 0.3) is 0 Å². The number of nitrogens with one attached hydrogen (secondary N) is 1. The molecule has 118 valence electrons. The molecule has 21 heavy (non-hydrogen) atoms. The van der Waals surface area contributed by atoms with E-state index in [0.29, 0.717) is 6.07 Å². The van der Waals surface area contributed by atoms with Crippen LogP contribution in [0.3, 0.4) is 0 Å². The van der Waals surface area contributed by atoms with Crippen LogP contribution in [-0.4, -0.2) is 25.5 Å². The van der Waals surface area contributed by atoms with E-state index in [1.54, 1.807) is 0 Å². The number of aliphatic carboxylic acids is 1. The summed E-state index contributed by atoms with van der Waals surface area (Å²) in [6.07, 6.45) is -4.85. The average Bonchev–Trinajstić information content (AvgIpc) is 2.35. The fourth-order valence-corrected chi connectivity index (χ4v) is 2.89. The summed E-state index contributed by atoms with van der Waals surface area (Å²) in [6.45, 7) is 1.44. The lowest BCUT2D eigenvalue weighted by atomic mass is 10.2. The number of carboxylic acids is 1. The Bertz CT molecular complexity index is 613. The number of sulfonamides is 1. The van der Waals surface area contributed by atoms with Crippen LogP contribution in [0.15, 0.2) is 29.2 Å². The molecule has 2 N–H and O–H groups in total. The van der Waals surface area contributed by atoms with Gasteiger partial charge in [-0.3, -0.25) is 4.79 Å². The molecule has 1 aromatic rings. The third kappa shape index (κ3) is 5.35. The molecule has 1 rings (SSSR count). The topological polar surface area (TPSA) is 83.5 Å². The minimum absolute atomic E-state index is 0.0352. The molecule has 1 atom stereocenters. The molecule has 5 nitrogen and oxygen atoms in total. The second kappa shape index (κ2) is 6.44. The molecule has 0 aromatic heterocycles. The van der Waals surface area contributed by atoms with Crippen molar-refractivity contribution in [1.82, 2.24) is 4.72 Å². The zero-order chi connectivity index (χ0) is 16.3. The Balaban J connectivity index is 2.90. The standard InChI is InChI=1S/C12H14F3NO4S/c1-8(5-6-11(17)18)16-21(19,20)10-4-2-3-9(7-10)12(13,14)15/h2-4,7-8,16H,5-6H2,1H3,(H,17,18). The Labute approximate surface area is 119 Å². The monoisotopic (exact) mass is 325 g/mol. The van der Waals surface area contributed by atoms with Crippen molar-refractivity contribution in [2.45, 2.75) is 36.9 Å². The van der Waals surface area contributed by atoms with Gasteiger partial charge >= 0.3 is 12.1 Å². The maximum atomic E-state index is 12.5. The van der Waals surface area contributed by atoms with Crippen molar-refractivity contribution in [3.63, 3.8) is 0 Å². The molecule has 0 aliphatic heterocycles. The van der Waals surface area contributed by atoms with Crippen molar-refractivity contribution in [2.24, 2.45) is 0 Å². The molecular formula is C12H14F3NO4S. The van der Waals surface area contributed by atoms with Gasteiger partial charge < -0.3 is 5.11 Å². The highest BCUT2D eigenvalue weighted by molar-refractivity contribution is 7.89. The van der Waals surface area contributed by atoms with E-state index in [9.17, 15) is 26.4 Å². The number of carboxylic acid groups (broad SMARTS) is 1. The van der Waals surface area contributed by atoms with Gasteiger partial charge in [0.2, 0.25) is 10.0 Å². The van der Waals surface area contributed by atoms with E-state index < -0.39 is 38.7 Å². The number of hydrogen-bond donors (Lipinski definition) is 2. The Hall–Kier alpha value is -1.61. The molecule has 9 heteroatoms. The van der Waals surface area contributed by atoms with Gasteiger partial charge in [-0.2, -0.15) is 13.2 Å². The SMILES string of the molecule is CC(CCC(=O)O)NS(=O)(=O)c1cccc(C(F)(F)F)c1. The number of alkyl halides is 3. The van der Waals surface area contributed by atoms with Crippen molar-refractivity contribution in [3.05, 3.63) is 29.8 Å². The second-order valence-corrected chi connectivity index (χ2v) is 6.19. The van der Waals surface area contributed by atoms with Gasteiger partial charge in [-0.1, -0.05) is 6.07 Å². The largest absolute Gasteiger partial charge is 0.481 e. The first-order valence-corrected chi connectivity index (χ1v) is 7.42. The second-order valence-electron chi connectivity index (χ2n) is 4.48. The summed E-state index contributed by atoms with van der Waals surface area (Å²) < 4.78 is 63.7. The van der Waals surface area contributed by atoms with Gasteiger partial charge in [0, 0.05) is 12.5 Å². The quantitative estimate of drug-likeness (QED) is 0.840. The van der Waals surface area contributed by atoms with E-state index in [-0.39, 0.29) is 12.8 Å². The predicted octanol–water partition coefficient (Wildman–Crippen LogP) is 2.24. The zero-order valence-corrected chi connectivity index (χ0v) is 11.8. The average molecular weight is 325 g/mol. The Morgan fingerprint density at radius 2 is 2.00 bits per heavy atom. The molecule has 1 unspecified atom stereocenters. The third-order valence-electron chi connectivity index (χ3n) is 2.62. The minimum atomic E-state index is -4.64. The summed E-state index contributed by atoms with van der Waals surface area (Å²) >= 11 is 0. The molecule has 0 radical (unpaired) electrons. The van der Waals surface area contributed by atoms with Gasteiger partial charge in [0.15, 0.2) is 0 Å². The van der Waals surface area contributed by atoms with Gasteiger partial charge in [-0.25, -0.2) is 13.1 Å². The summed E-state index contributed by atoms with van der Waals surface area (Å²) in [5.74, 6) is -1.08. The van der Waals surface area contributed by atoms with Crippen LogP contribution in [0.1, 0.15) is 25.3 Å². The third-order valence-corrected chi connectivity index (χ3v) is 4.21. The minimum Gasteiger partial charge on any atom is -0.481 e. The molecule has 0 spiro atoms. The van der Waals surface area contributed by atoms with Crippen molar-refractivity contribution < 1.29 is 31.5 Å². The van der Waals surface area contributed by atoms with E-state index in [2.05, 4.69) is 4.72 Å². The van der Waals surface area contributed by atoms with Gasteiger partial charge in [0.05, 0.1) is 10.5 Å². The van der Waals surface area contributed by atoms with E-state index in [4.69, 9.17) is 5.11 Å². The van der Waals surface area contributed by atoms with Crippen LogP contribution in [0, 0.1) is 0 Å². The van der Waals surface area contributed by atoms with Crippen LogP contribution in [0.4, 0.5) is 13.2 Å². The van der Waals surface area contributed by atoms with Crippen LogP contribution < -0.4 is 4.72 Å². The predicted molar refractivity (Wildman–Crippen MR) is 68.1 cm³/mol. The molecule has 0 aliphatic carbocycles. The molecule has 0 heterocycles. The summed E-state index contributed by atoms with van der Waals surface area (Å²) in [4.78, 5) is 9.88. The molecule has 0 saturated heterocycles. The van der Waals surface area contributed by atoms with Crippen LogP contribution >= 0.6 is 0 Å². The first kappa shape index (κ1) is 17.4.